The lowest BCUT2D eigenvalue weighted by Gasteiger charge is -2.31. The van der Waals surface area contributed by atoms with Crippen molar-refractivity contribution in [3.05, 3.63) is 23.4 Å². The molecular weight excluding hydrogens is 480 g/mol. The Balaban J connectivity index is 0.000000352. The first-order valence-corrected chi connectivity index (χ1v) is 14.5. The molecule has 38 heavy (non-hydrogen) atoms. The minimum atomic E-state index is -0.490. The van der Waals surface area contributed by atoms with Crippen molar-refractivity contribution in [3.8, 4) is 0 Å². The molecule has 8 heteroatoms. The van der Waals surface area contributed by atoms with Gasteiger partial charge in [-0.25, -0.2) is 14.6 Å². The third kappa shape index (κ3) is 12.0. The van der Waals surface area contributed by atoms with Crippen molar-refractivity contribution in [1.82, 2.24) is 15.2 Å². The van der Waals surface area contributed by atoms with E-state index in [0.717, 1.165) is 75.2 Å². The average molecular weight is 533 g/mol. The van der Waals surface area contributed by atoms with E-state index in [2.05, 4.69) is 31.3 Å². The summed E-state index contributed by atoms with van der Waals surface area (Å²) in [4.78, 5) is 32.2. The number of rotatable bonds is 7. The first-order chi connectivity index (χ1) is 17.7. The number of aryl methyl sites for hydroxylation is 2. The van der Waals surface area contributed by atoms with Gasteiger partial charge in [0.2, 0.25) is 0 Å². The second kappa shape index (κ2) is 14.7. The van der Waals surface area contributed by atoms with Crippen LogP contribution in [0.1, 0.15) is 105 Å². The van der Waals surface area contributed by atoms with E-state index in [1.807, 2.05) is 41.5 Å². The zero-order valence-electron chi connectivity index (χ0n) is 25.2. The molecule has 1 fully saturated rings. The number of aromatic nitrogens is 1. The Morgan fingerprint density at radius 3 is 2.13 bits per heavy atom. The number of carbonyl (C=O) groups excluding carboxylic acids is 2. The van der Waals surface area contributed by atoms with Crippen molar-refractivity contribution in [3.63, 3.8) is 0 Å². The Morgan fingerprint density at radius 1 is 0.895 bits per heavy atom. The third-order valence-corrected chi connectivity index (χ3v) is 6.13. The lowest BCUT2D eigenvalue weighted by Crippen LogP contribution is -2.40. The van der Waals surface area contributed by atoms with Crippen molar-refractivity contribution >= 4 is 18.0 Å². The molecule has 0 atom stereocenters. The highest BCUT2D eigenvalue weighted by atomic mass is 16.6. The summed E-state index contributed by atoms with van der Waals surface area (Å²) < 4.78 is 10.8. The first-order valence-electron chi connectivity index (χ1n) is 14.5. The molecule has 0 unspecified atom stereocenters. The van der Waals surface area contributed by atoms with Crippen molar-refractivity contribution in [1.29, 1.82) is 0 Å². The maximum Gasteiger partial charge on any atom is 0.416 e. The van der Waals surface area contributed by atoms with Gasteiger partial charge in [0.1, 0.15) is 17.0 Å². The molecular formula is C30H52N4O4. The average Bonchev–Trinajstić information content (AvgIpc) is 3.34. The lowest BCUT2D eigenvalue weighted by atomic mass is 10.0. The van der Waals surface area contributed by atoms with Crippen LogP contribution in [-0.4, -0.2) is 65.5 Å². The Morgan fingerprint density at radius 2 is 1.53 bits per heavy atom. The molecule has 1 N–H and O–H groups in total. The molecule has 2 aliphatic rings. The largest absolute Gasteiger partial charge is 0.444 e. The molecule has 0 aromatic carbocycles. The maximum absolute atomic E-state index is 12.5. The van der Waals surface area contributed by atoms with Gasteiger partial charge in [-0.05, 0) is 105 Å². The number of nitrogens with zero attached hydrogens (tertiary/aromatic N) is 3. The highest BCUT2D eigenvalue weighted by Crippen LogP contribution is 2.27. The van der Waals surface area contributed by atoms with E-state index in [1.165, 1.54) is 12.8 Å². The van der Waals surface area contributed by atoms with Crippen LogP contribution < -0.4 is 10.2 Å². The fourth-order valence-corrected chi connectivity index (χ4v) is 4.34. The number of likely N-dealkylation sites (tertiary alicyclic amines) is 1. The van der Waals surface area contributed by atoms with Gasteiger partial charge in [-0.2, -0.15) is 0 Å². The van der Waals surface area contributed by atoms with Crippen LogP contribution in [0.3, 0.4) is 0 Å². The van der Waals surface area contributed by atoms with Gasteiger partial charge in [-0.15, -0.1) is 0 Å². The van der Waals surface area contributed by atoms with Crippen molar-refractivity contribution < 1.29 is 19.1 Å². The molecule has 216 valence electrons. The molecule has 1 aromatic rings. The number of fused-ring (bicyclic) bond motifs is 1. The summed E-state index contributed by atoms with van der Waals surface area (Å²) in [5, 5.41) is 3.45. The summed E-state index contributed by atoms with van der Waals surface area (Å²) in [5.74, 6) is 0.796. The van der Waals surface area contributed by atoms with E-state index in [-0.39, 0.29) is 17.8 Å². The van der Waals surface area contributed by atoms with E-state index in [0.29, 0.717) is 12.6 Å². The quantitative estimate of drug-likeness (QED) is 0.404. The van der Waals surface area contributed by atoms with Gasteiger partial charge in [-0.1, -0.05) is 26.3 Å². The Hall–Kier alpha value is -2.35. The minimum Gasteiger partial charge on any atom is -0.444 e. The van der Waals surface area contributed by atoms with E-state index >= 15 is 0 Å². The van der Waals surface area contributed by atoms with Gasteiger partial charge < -0.3 is 19.7 Å². The van der Waals surface area contributed by atoms with Crippen LogP contribution in [0.5, 0.6) is 0 Å². The fourth-order valence-electron chi connectivity index (χ4n) is 4.34. The van der Waals surface area contributed by atoms with E-state index in [4.69, 9.17) is 14.5 Å². The van der Waals surface area contributed by atoms with Gasteiger partial charge in [-0.3, -0.25) is 4.90 Å². The number of hydrogen-bond acceptors (Lipinski definition) is 6. The molecule has 2 amide bonds. The normalized spacial score (nSPS) is 15.6. The summed E-state index contributed by atoms with van der Waals surface area (Å²) in [6.07, 6.45) is 8.15. The number of carbonyl (C=O) groups is 2. The Bertz CT molecular complexity index is 883. The Labute approximate surface area is 230 Å². The molecule has 1 saturated heterocycles. The lowest BCUT2D eigenvalue weighted by molar-refractivity contribution is 0.0294. The molecule has 1 aromatic heterocycles. The van der Waals surface area contributed by atoms with E-state index in [1.54, 1.807) is 9.80 Å². The summed E-state index contributed by atoms with van der Waals surface area (Å²) in [7, 11) is 0. The number of hydrogen-bond donors (Lipinski definition) is 1. The van der Waals surface area contributed by atoms with Crippen LogP contribution in [0, 0.1) is 0 Å². The number of ether oxygens (including phenoxy) is 2. The van der Waals surface area contributed by atoms with Crippen molar-refractivity contribution in [2.45, 2.75) is 124 Å². The zero-order valence-corrected chi connectivity index (χ0v) is 25.2. The molecule has 0 radical (unpaired) electrons. The molecule has 2 aliphatic heterocycles. The number of nitrogens with one attached hydrogen (secondary N) is 1. The molecule has 3 heterocycles. The zero-order chi connectivity index (χ0) is 28.3. The van der Waals surface area contributed by atoms with Gasteiger partial charge in [0.25, 0.3) is 0 Å². The smallest absolute Gasteiger partial charge is 0.416 e. The molecule has 0 bridgehead atoms. The van der Waals surface area contributed by atoms with Crippen LogP contribution >= 0.6 is 0 Å². The molecule has 0 saturated carbocycles. The molecule has 3 rings (SSSR count). The van der Waals surface area contributed by atoms with Crippen molar-refractivity contribution in [2.75, 3.05) is 31.1 Å². The predicted octanol–water partition coefficient (Wildman–Crippen LogP) is 6.50. The molecule has 8 nitrogen and oxygen atoms in total. The van der Waals surface area contributed by atoms with E-state index in [9.17, 15) is 9.59 Å². The predicted molar refractivity (Wildman–Crippen MR) is 154 cm³/mol. The van der Waals surface area contributed by atoms with Gasteiger partial charge in [0.15, 0.2) is 0 Å². The number of unbranched alkanes of at least 4 members (excludes halogenated alkanes) is 2. The summed E-state index contributed by atoms with van der Waals surface area (Å²) in [5.41, 5.74) is 1.36. The van der Waals surface area contributed by atoms with Crippen LogP contribution in [0.25, 0.3) is 0 Å². The maximum atomic E-state index is 12.5. The van der Waals surface area contributed by atoms with Gasteiger partial charge in [0, 0.05) is 31.4 Å². The van der Waals surface area contributed by atoms with Crippen LogP contribution in [-0.2, 0) is 22.3 Å². The standard InChI is InChI=1S/C21H35N3O2.C9H17NO2/c1-16(2)22-14-8-6-7-11-18-13-12-17-10-9-15-24(19(17)23-18)20(25)26-21(3,4)5;1-9(2,3)12-8(11)10-6-4-5-7-10/h12-13,16,22H,6-11,14-15H2,1-5H3;4-7H2,1-3H3. The van der Waals surface area contributed by atoms with Gasteiger partial charge in [0.05, 0.1) is 0 Å². The van der Waals surface area contributed by atoms with Crippen LogP contribution in [0.15, 0.2) is 12.1 Å². The minimum absolute atomic E-state index is 0.167. The number of amides is 2. The fraction of sp³-hybridized carbons (Fsp3) is 0.767. The highest BCUT2D eigenvalue weighted by molar-refractivity contribution is 5.88. The van der Waals surface area contributed by atoms with Crippen molar-refractivity contribution in [2.24, 2.45) is 0 Å². The monoisotopic (exact) mass is 532 g/mol. The number of anilines is 1. The second-order valence-electron chi connectivity index (χ2n) is 12.6. The topological polar surface area (TPSA) is 84.0 Å². The Kier molecular flexibility index (Phi) is 12.3. The number of pyridine rings is 1. The SMILES string of the molecule is CC(C)(C)OC(=O)N1CCCC1.CC(C)NCCCCCc1ccc2c(n1)N(C(=O)OC(C)(C)C)CCC2. The summed E-state index contributed by atoms with van der Waals surface area (Å²) in [6, 6.07) is 4.80. The summed E-state index contributed by atoms with van der Waals surface area (Å²) in [6.45, 7) is 19.2. The van der Waals surface area contributed by atoms with E-state index < -0.39 is 5.60 Å². The van der Waals surface area contributed by atoms with Crippen LogP contribution in [0.4, 0.5) is 15.4 Å². The highest BCUT2D eigenvalue weighted by Gasteiger charge is 2.28. The van der Waals surface area contributed by atoms with Crippen LogP contribution in [0.2, 0.25) is 0 Å². The molecule has 0 spiro atoms. The summed E-state index contributed by atoms with van der Waals surface area (Å²) >= 11 is 0. The van der Waals surface area contributed by atoms with Gasteiger partial charge >= 0.3 is 12.2 Å². The second-order valence-corrected chi connectivity index (χ2v) is 12.6. The third-order valence-electron chi connectivity index (χ3n) is 6.13. The first kappa shape index (κ1) is 31.9. The molecule has 0 aliphatic carbocycles.